The molecule has 1 aliphatic heterocycles. The summed E-state index contributed by atoms with van der Waals surface area (Å²) in [5, 5.41) is 0. The Morgan fingerprint density at radius 1 is 1.43 bits per heavy atom. The van der Waals surface area contributed by atoms with Crippen LogP contribution in [-0.4, -0.2) is 32.9 Å². The molecule has 21 heavy (non-hydrogen) atoms. The van der Waals surface area contributed by atoms with E-state index in [2.05, 4.69) is 26.8 Å². The maximum absolute atomic E-state index is 11.6. The molecule has 0 radical (unpaired) electrons. The number of piperidine rings is 1. The lowest BCUT2D eigenvalue weighted by Gasteiger charge is -2.34. The van der Waals surface area contributed by atoms with E-state index in [9.17, 15) is 4.79 Å². The summed E-state index contributed by atoms with van der Waals surface area (Å²) in [5.74, 6) is 1.98. The minimum Gasteiger partial charge on any atom is -0.449 e. The van der Waals surface area contributed by atoms with Crippen molar-refractivity contribution in [3.63, 3.8) is 0 Å². The fourth-order valence-corrected chi connectivity index (χ4v) is 2.94. The van der Waals surface area contributed by atoms with Crippen LogP contribution in [0.2, 0.25) is 0 Å². The van der Waals surface area contributed by atoms with E-state index < -0.39 is 0 Å². The van der Waals surface area contributed by atoms with Crippen molar-refractivity contribution < 1.29 is 4.42 Å². The molecule has 0 bridgehead atoms. The van der Waals surface area contributed by atoms with E-state index in [0.717, 1.165) is 43.3 Å². The molecule has 0 aliphatic carbocycles. The second kappa shape index (κ2) is 5.81. The molecule has 2 aromatic heterocycles. The lowest BCUT2D eigenvalue weighted by atomic mass is 9.95. The van der Waals surface area contributed by atoms with E-state index in [4.69, 9.17) is 4.42 Å². The molecule has 0 aromatic carbocycles. The largest absolute Gasteiger partial charge is 0.449 e. The summed E-state index contributed by atoms with van der Waals surface area (Å²) < 4.78 is 5.40. The lowest BCUT2D eigenvalue weighted by Crippen LogP contribution is -2.36. The number of rotatable bonds is 3. The minimum atomic E-state index is -0.0842. The molecule has 1 fully saturated rings. The predicted molar refractivity (Wildman–Crippen MR) is 78.1 cm³/mol. The van der Waals surface area contributed by atoms with Gasteiger partial charge in [-0.15, -0.1) is 0 Å². The summed E-state index contributed by atoms with van der Waals surface area (Å²) in [4.78, 5) is 25.5. The van der Waals surface area contributed by atoms with E-state index in [0.29, 0.717) is 5.92 Å². The number of nitrogens with one attached hydrogen (secondary N) is 1. The van der Waals surface area contributed by atoms with E-state index in [1.54, 1.807) is 12.5 Å². The number of nitrogens with zero attached hydrogens (tertiary/aromatic N) is 3. The van der Waals surface area contributed by atoms with Crippen LogP contribution in [0.4, 0.5) is 0 Å². The Bertz CT molecular complexity index is 642. The molecule has 1 atom stereocenters. The van der Waals surface area contributed by atoms with Crippen molar-refractivity contribution in [3.05, 3.63) is 46.3 Å². The van der Waals surface area contributed by atoms with Gasteiger partial charge in [0.05, 0.1) is 12.2 Å². The van der Waals surface area contributed by atoms with Gasteiger partial charge < -0.3 is 9.40 Å². The quantitative estimate of drug-likeness (QED) is 0.935. The van der Waals surface area contributed by atoms with E-state index in [1.165, 1.54) is 6.07 Å². The van der Waals surface area contributed by atoms with Crippen molar-refractivity contribution in [2.24, 2.45) is 0 Å². The van der Waals surface area contributed by atoms with Gasteiger partial charge in [-0.3, -0.25) is 9.69 Å². The van der Waals surface area contributed by atoms with Crippen molar-refractivity contribution in [2.45, 2.75) is 38.6 Å². The number of hydrogen-bond acceptors (Lipinski definition) is 5. The molecule has 6 heteroatoms. The van der Waals surface area contributed by atoms with Crippen LogP contribution < -0.4 is 5.56 Å². The summed E-state index contributed by atoms with van der Waals surface area (Å²) in [7, 11) is 0. The SMILES string of the molecule is Cc1cc(=O)[nH]c(C(C)N2CCC(c3ncco3)CC2)n1. The van der Waals surface area contributed by atoms with E-state index in [1.807, 2.05) is 6.92 Å². The van der Waals surface area contributed by atoms with Gasteiger partial charge in [-0.05, 0) is 39.8 Å². The first-order valence-corrected chi connectivity index (χ1v) is 7.35. The van der Waals surface area contributed by atoms with Crippen molar-refractivity contribution in [1.29, 1.82) is 0 Å². The maximum atomic E-state index is 11.6. The maximum Gasteiger partial charge on any atom is 0.251 e. The third-order valence-corrected chi connectivity index (χ3v) is 4.16. The molecule has 1 unspecified atom stereocenters. The molecule has 1 saturated heterocycles. The van der Waals surface area contributed by atoms with Gasteiger partial charge in [0.2, 0.25) is 0 Å². The first-order chi connectivity index (χ1) is 10.1. The highest BCUT2D eigenvalue weighted by atomic mass is 16.3. The summed E-state index contributed by atoms with van der Waals surface area (Å²) in [6, 6.07) is 1.63. The van der Waals surface area contributed by atoms with Gasteiger partial charge in [-0.25, -0.2) is 9.97 Å². The molecule has 0 saturated carbocycles. The highest BCUT2D eigenvalue weighted by molar-refractivity contribution is 5.04. The topological polar surface area (TPSA) is 75.0 Å². The third-order valence-electron chi connectivity index (χ3n) is 4.16. The minimum absolute atomic E-state index is 0.0842. The Hall–Kier alpha value is -1.95. The van der Waals surface area contributed by atoms with Gasteiger partial charge in [0.15, 0.2) is 5.89 Å². The smallest absolute Gasteiger partial charge is 0.251 e. The van der Waals surface area contributed by atoms with Gasteiger partial charge in [0.25, 0.3) is 5.56 Å². The summed E-state index contributed by atoms with van der Waals surface area (Å²) in [6.07, 6.45) is 5.36. The van der Waals surface area contributed by atoms with Gasteiger partial charge in [-0.1, -0.05) is 0 Å². The number of likely N-dealkylation sites (tertiary alicyclic amines) is 1. The summed E-state index contributed by atoms with van der Waals surface area (Å²) >= 11 is 0. The van der Waals surface area contributed by atoms with Crippen molar-refractivity contribution >= 4 is 0 Å². The van der Waals surface area contributed by atoms with Gasteiger partial charge >= 0.3 is 0 Å². The Morgan fingerprint density at radius 3 is 2.81 bits per heavy atom. The second-order valence-electron chi connectivity index (χ2n) is 5.63. The monoisotopic (exact) mass is 288 g/mol. The highest BCUT2D eigenvalue weighted by Crippen LogP contribution is 2.30. The van der Waals surface area contributed by atoms with Crippen molar-refractivity contribution in [1.82, 2.24) is 19.9 Å². The normalized spacial score (nSPS) is 18.8. The molecule has 0 spiro atoms. The Balaban J connectivity index is 1.67. The highest BCUT2D eigenvalue weighted by Gasteiger charge is 2.27. The van der Waals surface area contributed by atoms with Crippen LogP contribution in [0.25, 0.3) is 0 Å². The first-order valence-electron chi connectivity index (χ1n) is 7.35. The van der Waals surface area contributed by atoms with Crippen LogP contribution in [0.1, 0.15) is 49.1 Å². The number of aromatic amines is 1. The second-order valence-corrected chi connectivity index (χ2v) is 5.63. The first kappa shape index (κ1) is 14.0. The number of hydrogen-bond donors (Lipinski definition) is 1. The average molecular weight is 288 g/mol. The zero-order valence-electron chi connectivity index (χ0n) is 12.4. The number of aromatic nitrogens is 3. The molecule has 6 nitrogen and oxygen atoms in total. The molecular weight excluding hydrogens is 268 g/mol. The lowest BCUT2D eigenvalue weighted by molar-refractivity contribution is 0.149. The van der Waals surface area contributed by atoms with Crippen LogP contribution in [0.15, 0.2) is 27.7 Å². The molecule has 0 amide bonds. The Labute approximate surface area is 123 Å². The van der Waals surface area contributed by atoms with E-state index in [-0.39, 0.29) is 11.6 Å². The van der Waals surface area contributed by atoms with Crippen LogP contribution in [0.3, 0.4) is 0 Å². The zero-order chi connectivity index (χ0) is 14.8. The van der Waals surface area contributed by atoms with Gasteiger partial charge in [0, 0.05) is 17.7 Å². The average Bonchev–Trinajstić information content (AvgIpc) is 3.00. The van der Waals surface area contributed by atoms with Crippen LogP contribution in [0.5, 0.6) is 0 Å². The summed E-state index contributed by atoms with van der Waals surface area (Å²) in [5.41, 5.74) is 0.675. The fraction of sp³-hybridized carbons (Fsp3) is 0.533. The Morgan fingerprint density at radius 2 is 2.19 bits per heavy atom. The molecule has 2 aromatic rings. The molecule has 3 rings (SSSR count). The van der Waals surface area contributed by atoms with Crippen molar-refractivity contribution in [3.8, 4) is 0 Å². The summed E-state index contributed by atoms with van der Waals surface area (Å²) in [6.45, 7) is 5.83. The fourth-order valence-electron chi connectivity index (χ4n) is 2.94. The van der Waals surface area contributed by atoms with Crippen LogP contribution in [-0.2, 0) is 0 Å². The molecule has 1 N–H and O–H groups in total. The van der Waals surface area contributed by atoms with Gasteiger partial charge in [-0.2, -0.15) is 0 Å². The van der Waals surface area contributed by atoms with E-state index >= 15 is 0 Å². The number of H-pyrrole nitrogens is 1. The number of aryl methyl sites for hydroxylation is 1. The Kier molecular flexibility index (Phi) is 3.88. The zero-order valence-corrected chi connectivity index (χ0v) is 12.4. The molecule has 3 heterocycles. The van der Waals surface area contributed by atoms with Crippen LogP contribution >= 0.6 is 0 Å². The van der Waals surface area contributed by atoms with Crippen molar-refractivity contribution in [2.75, 3.05) is 13.1 Å². The number of oxazole rings is 1. The van der Waals surface area contributed by atoms with Crippen LogP contribution in [0, 0.1) is 6.92 Å². The standard InChI is InChI=1S/C15H20N4O2/c1-10-9-13(20)18-14(17-10)11(2)19-6-3-12(4-7-19)15-16-5-8-21-15/h5,8-9,11-12H,3-4,6-7H2,1-2H3,(H,17,18,20). The molecular formula is C15H20N4O2. The molecule has 112 valence electrons. The third kappa shape index (κ3) is 3.05. The molecule has 1 aliphatic rings. The predicted octanol–water partition coefficient (Wildman–Crippen LogP) is 2.01. The van der Waals surface area contributed by atoms with Gasteiger partial charge in [0.1, 0.15) is 12.1 Å².